The van der Waals surface area contributed by atoms with E-state index in [0.29, 0.717) is 5.56 Å². The van der Waals surface area contributed by atoms with Crippen LogP contribution in [0.15, 0.2) is 12.1 Å². The Morgan fingerprint density at radius 1 is 1.38 bits per heavy atom. The molecule has 11 heteroatoms. The lowest BCUT2D eigenvalue weighted by Crippen LogP contribution is -2.60. The number of carboxylic acids is 1. The lowest BCUT2D eigenvalue weighted by Gasteiger charge is -2.41. The van der Waals surface area contributed by atoms with Crippen molar-refractivity contribution in [3.8, 4) is 11.5 Å². The van der Waals surface area contributed by atoms with Gasteiger partial charge in [0.05, 0.1) is 25.4 Å². The molecule has 1 atom stereocenters. The first-order valence-corrected chi connectivity index (χ1v) is 8.22. The van der Waals surface area contributed by atoms with Gasteiger partial charge in [-0.25, -0.2) is 4.79 Å². The molecule has 2 heterocycles. The molecule has 1 saturated heterocycles. The van der Waals surface area contributed by atoms with Crippen molar-refractivity contribution < 1.29 is 39.2 Å². The van der Waals surface area contributed by atoms with Crippen molar-refractivity contribution >= 4 is 18.6 Å². The minimum Gasteiger partial charge on any atom is -0.669 e. The Bertz CT molecular complexity index is 735. The zero-order chi connectivity index (χ0) is 19.1. The summed E-state index contributed by atoms with van der Waals surface area (Å²) in [6, 6.07) is 2.11. The molecule has 0 saturated carbocycles. The number of carboxylic acid groups (broad SMARTS) is 1. The highest BCUT2D eigenvalue weighted by molar-refractivity contribution is 6.59. The molecule has 142 valence electrons. The highest BCUT2D eigenvalue weighted by Gasteiger charge is 2.37. The molecule has 3 rings (SSSR count). The third-order valence-corrected chi connectivity index (χ3v) is 4.48. The summed E-state index contributed by atoms with van der Waals surface area (Å²) < 4.78 is 10.8. The average Bonchev–Trinajstić information content (AvgIpc) is 2.54. The first kappa shape index (κ1) is 18.5. The Labute approximate surface area is 148 Å². The largest absolute Gasteiger partial charge is 0.669 e. The second-order valence-electron chi connectivity index (χ2n) is 6.52. The van der Waals surface area contributed by atoms with Crippen molar-refractivity contribution in [2.45, 2.75) is 24.9 Å². The number of amides is 1. The molecule has 0 spiro atoms. The maximum absolute atomic E-state index is 11.8. The third-order valence-electron chi connectivity index (χ3n) is 4.48. The number of aliphatic hydroxyl groups excluding tert-OH is 1. The quantitative estimate of drug-likeness (QED) is 0.376. The molecule has 0 radical (unpaired) electrons. The summed E-state index contributed by atoms with van der Waals surface area (Å²) in [5.74, 6) is -1.82. The number of aryl methyl sites for hydroxylation is 1. The van der Waals surface area contributed by atoms with Gasteiger partial charge in [0.2, 0.25) is 5.91 Å². The van der Waals surface area contributed by atoms with E-state index in [4.69, 9.17) is 20.2 Å². The first-order valence-electron chi connectivity index (χ1n) is 8.22. The highest BCUT2D eigenvalue weighted by Crippen LogP contribution is 2.38. The Balaban J connectivity index is 1.76. The number of nitrogens with zero attached hydrogens (tertiary/aromatic N) is 1. The number of hydrogen-bond acceptors (Lipinski definition) is 8. The van der Waals surface area contributed by atoms with E-state index in [2.05, 4.69) is 0 Å². The molecular weight excluding hydrogens is 347 g/mol. The van der Waals surface area contributed by atoms with E-state index in [0.717, 1.165) is 0 Å². The van der Waals surface area contributed by atoms with Crippen LogP contribution in [0.25, 0.3) is 0 Å². The summed E-state index contributed by atoms with van der Waals surface area (Å²) >= 11 is 0. The number of nitrogens with two attached hydrogens (primary N) is 1. The van der Waals surface area contributed by atoms with Crippen LogP contribution < -0.4 is 15.1 Å². The van der Waals surface area contributed by atoms with Crippen molar-refractivity contribution in [1.82, 2.24) is 4.90 Å². The molecule has 6 N–H and O–H groups in total. The number of aliphatic hydroxyl groups is 1. The van der Waals surface area contributed by atoms with Gasteiger partial charge < -0.3 is 40.3 Å². The van der Waals surface area contributed by atoms with Gasteiger partial charge in [-0.05, 0) is 18.1 Å². The van der Waals surface area contributed by atoms with Gasteiger partial charge in [-0.2, -0.15) is 0 Å². The zero-order valence-corrected chi connectivity index (χ0v) is 13.9. The standard InChI is InChI=1S/C15H20BN2O8/c17-10(7-19)14(20)18-5-9(6-18)25-11-2-1-8-3-4-16(23,24)26-13(8)12(11)15(21)22/h1-2,9-10,19,23-24H,3-7,17H2,(H,21,22)/q-1. The molecule has 10 nitrogen and oxygen atoms in total. The van der Waals surface area contributed by atoms with Gasteiger partial charge >= 0.3 is 12.7 Å². The fourth-order valence-corrected chi connectivity index (χ4v) is 3.02. The highest BCUT2D eigenvalue weighted by atomic mass is 16.6. The normalized spacial score (nSPS) is 19.8. The van der Waals surface area contributed by atoms with Crippen LogP contribution in [0.3, 0.4) is 0 Å². The van der Waals surface area contributed by atoms with Crippen molar-refractivity contribution in [3.05, 3.63) is 23.3 Å². The summed E-state index contributed by atoms with van der Waals surface area (Å²) in [4.78, 5) is 24.9. The van der Waals surface area contributed by atoms with Crippen molar-refractivity contribution in [1.29, 1.82) is 0 Å². The van der Waals surface area contributed by atoms with E-state index in [-0.39, 0.29) is 42.9 Å². The molecule has 0 aromatic heterocycles. The van der Waals surface area contributed by atoms with Crippen LogP contribution in [0.2, 0.25) is 6.32 Å². The van der Waals surface area contributed by atoms with E-state index in [9.17, 15) is 24.7 Å². The maximum atomic E-state index is 11.8. The first-order chi connectivity index (χ1) is 12.2. The van der Waals surface area contributed by atoms with Gasteiger partial charge in [0, 0.05) is 0 Å². The van der Waals surface area contributed by atoms with Crippen LogP contribution in [0.4, 0.5) is 0 Å². The summed E-state index contributed by atoms with van der Waals surface area (Å²) in [5.41, 5.74) is 5.74. The maximum Gasteiger partial charge on any atom is 0.430 e. The zero-order valence-electron chi connectivity index (χ0n) is 13.9. The number of benzene rings is 1. The Kier molecular flexibility index (Phi) is 4.80. The Hall–Kier alpha value is -2.34. The van der Waals surface area contributed by atoms with Crippen LogP contribution in [0.5, 0.6) is 11.5 Å². The summed E-state index contributed by atoms with van der Waals surface area (Å²) in [6.07, 6.45) is -0.187. The number of rotatable bonds is 5. The van der Waals surface area contributed by atoms with Crippen LogP contribution in [0, 0.1) is 0 Å². The van der Waals surface area contributed by atoms with Crippen molar-refractivity contribution in [3.63, 3.8) is 0 Å². The third kappa shape index (κ3) is 3.47. The van der Waals surface area contributed by atoms with E-state index >= 15 is 0 Å². The van der Waals surface area contributed by atoms with Gasteiger partial charge in [0.15, 0.2) is 0 Å². The van der Waals surface area contributed by atoms with Crippen molar-refractivity contribution in [2.75, 3.05) is 19.7 Å². The summed E-state index contributed by atoms with van der Waals surface area (Å²) in [5, 5.41) is 37.8. The molecule has 0 aliphatic carbocycles. The minimum absolute atomic E-state index is 0.0168. The number of likely N-dealkylation sites (tertiary alicyclic amines) is 1. The molecule has 2 aliphatic heterocycles. The molecule has 26 heavy (non-hydrogen) atoms. The SMILES string of the molecule is NC(CO)C(=O)N1CC(Oc2ccc3c(c2C(=O)O)O[B-](O)(O)CC3)C1. The van der Waals surface area contributed by atoms with Gasteiger partial charge in [-0.15, -0.1) is 0 Å². The number of aromatic carboxylic acids is 1. The fraction of sp³-hybridized carbons (Fsp3) is 0.467. The average molecular weight is 367 g/mol. The molecule has 1 unspecified atom stereocenters. The second-order valence-corrected chi connectivity index (χ2v) is 6.52. The molecule has 1 fully saturated rings. The molecule has 1 amide bonds. The van der Waals surface area contributed by atoms with Gasteiger partial charge in [-0.3, -0.25) is 4.79 Å². The summed E-state index contributed by atoms with van der Waals surface area (Å²) in [6.45, 7) is -3.16. The number of fused-ring (bicyclic) bond motifs is 1. The van der Waals surface area contributed by atoms with E-state index in [1.165, 1.54) is 11.0 Å². The van der Waals surface area contributed by atoms with E-state index in [1.54, 1.807) is 6.07 Å². The molecule has 0 bridgehead atoms. The fourth-order valence-electron chi connectivity index (χ4n) is 3.02. The lowest BCUT2D eigenvalue weighted by atomic mass is 9.70. The number of carbonyl (C=O) groups is 2. The number of hydrogen-bond donors (Lipinski definition) is 5. The Morgan fingerprint density at radius 3 is 2.69 bits per heavy atom. The predicted molar refractivity (Wildman–Crippen MR) is 88.8 cm³/mol. The van der Waals surface area contributed by atoms with Gasteiger partial charge in [0.25, 0.3) is 0 Å². The molecule has 1 aromatic carbocycles. The van der Waals surface area contributed by atoms with Gasteiger partial charge in [0.1, 0.15) is 23.5 Å². The lowest BCUT2D eigenvalue weighted by molar-refractivity contribution is -0.142. The summed E-state index contributed by atoms with van der Waals surface area (Å²) in [7, 11) is 0. The van der Waals surface area contributed by atoms with Crippen molar-refractivity contribution in [2.24, 2.45) is 5.73 Å². The van der Waals surface area contributed by atoms with Crippen LogP contribution in [-0.4, -0.2) is 75.6 Å². The van der Waals surface area contributed by atoms with Crippen LogP contribution in [-0.2, 0) is 11.2 Å². The molecule has 1 aromatic rings. The predicted octanol–water partition coefficient (Wildman–Crippen LogP) is -1.85. The van der Waals surface area contributed by atoms with Crippen LogP contribution in [0.1, 0.15) is 15.9 Å². The molecule has 2 aliphatic rings. The molecular formula is C15H20BN2O8-. The van der Waals surface area contributed by atoms with Crippen LogP contribution >= 0.6 is 0 Å². The van der Waals surface area contributed by atoms with E-state index in [1.807, 2.05) is 0 Å². The topological polar surface area (TPSA) is 163 Å². The monoisotopic (exact) mass is 367 g/mol. The second kappa shape index (κ2) is 6.76. The van der Waals surface area contributed by atoms with E-state index < -0.39 is 37.4 Å². The number of carbonyl (C=O) groups excluding carboxylic acids is 1. The van der Waals surface area contributed by atoms with Gasteiger partial charge in [-0.1, -0.05) is 12.4 Å². The smallest absolute Gasteiger partial charge is 0.430 e. The minimum atomic E-state index is -3.11. The number of ether oxygens (including phenoxy) is 1. The Morgan fingerprint density at radius 2 is 2.08 bits per heavy atom.